The van der Waals surface area contributed by atoms with Gasteiger partial charge in [-0.1, -0.05) is 95.1 Å². The zero-order valence-electron chi connectivity index (χ0n) is 31.5. The van der Waals surface area contributed by atoms with Gasteiger partial charge in [-0.05, 0) is 214 Å². The fourth-order valence-electron chi connectivity index (χ4n) is 9.05. The van der Waals surface area contributed by atoms with Crippen LogP contribution in [0.5, 0.6) is 0 Å². The second-order valence-electron chi connectivity index (χ2n) is 15.6. The van der Waals surface area contributed by atoms with Crippen molar-refractivity contribution in [3.63, 3.8) is 0 Å². The van der Waals surface area contributed by atoms with Gasteiger partial charge in [0.25, 0.3) is 0 Å². The van der Waals surface area contributed by atoms with E-state index in [1.165, 1.54) is 132 Å². The highest BCUT2D eigenvalue weighted by molar-refractivity contribution is 6.35. The minimum Gasteiger partial charge on any atom is -0.0587 e. The standard InChI is InChI=1S/C52H44/c1-29-9-13-43(33(5)17-29)37-21-41-22-38(44-14-10-30(2)18-34(44)6)27-49-50-28-40(46-16-12-32(4)20-36(46)8)24-42-23-39(45-15-11-31(3)19-35(45)7)26-48(52(42)50)47(25-37)51(41)49/h9-28H,1-8H3. The van der Waals surface area contributed by atoms with Crippen LogP contribution in [0, 0.1) is 55.4 Å². The lowest BCUT2D eigenvalue weighted by molar-refractivity contribution is 1.38. The third-order valence-corrected chi connectivity index (χ3v) is 11.5. The van der Waals surface area contributed by atoms with E-state index in [4.69, 9.17) is 0 Å². The molecule has 9 rings (SSSR count). The average Bonchev–Trinajstić information content (AvgIpc) is 3.09. The van der Waals surface area contributed by atoms with Gasteiger partial charge < -0.3 is 0 Å². The van der Waals surface area contributed by atoms with E-state index in [9.17, 15) is 0 Å². The van der Waals surface area contributed by atoms with Crippen molar-refractivity contribution in [3.05, 3.63) is 166 Å². The predicted molar refractivity (Wildman–Crippen MR) is 227 cm³/mol. The largest absolute Gasteiger partial charge is 0.0587 e. The van der Waals surface area contributed by atoms with Crippen LogP contribution < -0.4 is 0 Å². The lowest BCUT2D eigenvalue weighted by Crippen LogP contribution is -1.94. The minimum absolute atomic E-state index is 1.27. The van der Waals surface area contributed by atoms with Crippen molar-refractivity contribution in [2.75, 3.05) is 0 Å². The number of benzene rings is 9. The van der Waals surface area contributed by atoms with Crippen LogP contribution in [0.3, 0.4) is 0 Å². The molecule has 9 aromatic carbocycles. The molecule has 0 nitrogen and oxygen atoms in total. The summed E-state index contributed by atoms with van der Waals surface area (Å²) in [6.07, 6.45) is 0. The van der Waals surface area contributed by atoms with E-state index >= 15 is 0 Å². The highest BCUT2D eigenvalue weighted by Gasteiger charge is 2.20. The zero-order valence-corrected chi connectivity index (χ0v) is 31.5. The Morgan fingerprint density at radius 1 is 0.250 bits per heavy atom. The third-order valence-electron chi connectivity index (χ3n) is 11.5. The molecule has 0 aliphatic carbocycles. The summed E-state index contributed by atoms with van der Waals surface area (Å²) in [7, 11) is 0. The van der Waals surface area contributed by atoms with Crippen LogP contribution in [0.25, 0.3) is 87.6 Å². The van der Waals surface area contributed by atoms with Crippen LogP contribution in [-0.2, 0) is 0 Å². The Kier molecular flexibility index (Phi) is 7.39. The van der Waals surface area contributed by atoms with Crippen LogP contribution >= 0.6 is 0 Å². The number of rotatable bonds is 4. The van der Waals surface area contributed by atoms with Crippen molar-refractivity contribution >= 4 is 43.1 Å². The van der Waals surface area contributed by atoms with E-state index in [0.29, 0.717) is 0 Å². The van der Waals surface area contributed by atoms with Gasteiger partial charge in [-0.3, -0.25) is 0 Å². The summed E-state index contributed by atoms with van der Waals surface area (Å²) in [6, 6.07) is 47.1. The summed E-state index contributed by atoms with van der Waals surface area (Å²) in [5, 5.41) is 10.5. The van der Waals surface area contributed by atoms with Gasteiger partial charge in [0.1, 0.15) is 0 Å². The molecular weight excluding hydrogens is 625 g/mol. The van der Waals surface area contributed by atoms with E-state index in [2.05, 4.69) is 177 Å². The van der Waals surface area contributed by atoms with Crippen LogP contribution in [0.4, 0.5) is 0 Å². The molecule has 0 aliphatic heterocycles. The number of hydrogen-bond acceptors (Lipinski definition) is 0. The Morgan fingerprint density at radius 3 is 0.692 bits per heavy atom. The third kappa shape index (κ3) is 5.20. The molecule has 52 heavy (non-hydrogen) atoms. The molecular formula is C52H44. The lowest BCUT2D eigenvalue weighted by atomic mass is 9.82. The van der Waals surface area contributed by atoms with Crippen LogP contribution in [0.15, 0.2) is 121 Å². The van der Waals surface area contributed by atoms with Gasteiger partial charge in [0, 0.05) is 0 Å². The Morgan fingerprint density at radius 2 is 0.481 bits per heavy atom. The zero-order chi connectivity index (χ0) is 36.0. The molecule has 0 heterocycles. The Hall–Kier alpha value is -5.72. The monoisotopic (exact) mass is 668 g/mol. The van der Waals surface area contributed by atoms with E-state index in [1.807, 2.05) is 0 Å². The van der Waals surface area contributed by atoms with Gasteiger partial charge in [-0.2, -0.15) is 0 Å². The number of aryl methyl sites for hydroxylation is 8. The fourth-order valence-corrected chi connectivity index (χ4v) is 9.05. The molecule has 0 spiro atoms. The highest BCUT2D eigenvalue weighted by Crippen LogP contribution is 2.47. The molecule has 0 radical (unpaired) electrons. The molecule has 0 aromatic heterocycles. The topological polar surface area (TPSA) is 0 Å². The summed E-state index contributed by atoms with van der Waals surface area (Å²) >= 11 is 0. The number of fused-ring (bicyclic) bond motifs is 2. The molecule has 0 unspecified atom stereocenters. The molecule has 0 heteroatoms. The first-order valence-electron chi connectivity index (χ1n) is 18.6. The Bertz CT molecular complexity index is 2520. The van der Waals surface area contributed by atoms with Crippen molar-refractivity contribution in [1.82, 2.24) is 0 Å². The Balaban J connectivity index is 1.49. The molecule has 0 aliphatic rings. The first kappa shape index (κ1) is 32.2. The van der Waals surface area contributed by atoms with Gasteiger partial charge in [-0.15, -0.1) is 0 Å². The first-order valence-corrected chi connectivity index (χ1v) is 18.6. The molecule has 0 N–H and O–H groups in total. The van der Waals surface area contributed by atoms with Gasteiger partial charge in [0.15, 0.2) is 0 Å². The van der Waals surface area contributed by atoms with E-state index in [0.717, 1.165) is 0 Å². The fraction of sp³-hybridized carbons (Fsp3) is 0.154. The molecule has 9 aromatic rings. The summed E-state index contributed by atoms with van der Waals surface area (Å²) in [5.74, 6) is 0. The molecule has 0 saturated carbocycles. The van der Waals surface area contributed by atoms with Gasteiger partial charge in [0.05, 0.1) is 0 Å². The second-order valence-corrected chi connectivity index (χ2v) is 15.6. The molecule has 0 bridgehead atoms. The van der Waals surface area contributed by atoms with Crippen molar-refractivity contribution in [3.8, 4) is 44.5 Å². The van der Waals surface area contributed by atoms with Gasteiger partial charge >= 0.3 is 0 Å². The molecule has 252 valence electrons. The van der Waals surface area contributed by atoms with Crippen molar-refractivity contribution in [2.45, 2.75) is 55.4 Å². The number of hydrogen-bond donors (Lipinski definition) is 0. The smallest absolute Gasteiger partial charge is 0.00255 e. The van der Waals surface area contributed by atoms with Crippen molar-refractivity contribution in [2.24, 2.45) is 0 Å². The maximum atomic E-state index is 2.47. The van der Waals surface area contributed by atoms with E-state index in [-0.39, 0.29) is 0 Å². The lowest BCUT2D eigenvalue weighted by Gasteiger charge is -2.21. The van der Waals surface area contributed by atoms with Gasteiger partial charge in [-0.25, -0.2) is 0 Å². The summed E-state index contributed by atoms with van der Waals surface area (Å²) in [6.45, 7) is 17.7. The molecule has 0 fully saturated rings. The van der Waals surface area contributed by atoms with E-state index < -0.39 is 0 Å². The molecule has 0 saturated heterocycles. The molecule has 0 amide bonds. The van der Waals surface area contributed by atoms with Crippen LogP contribution in [0.1, 0.15) is 44.5 Å². The maximum absolute atomic E-state index is 2.47. The predicted octanol–water partition coefficient (Wildman–Crippen LogP) is 14.9. The van der Waals surface area contributed by atoms with Crippen molar-refractivity contribution in [1.29, 1.82) is 0 Å². The quantitative estimate of drug-likeness (QED) is 0.129. The normalized spacial score (nSPS) is 11.8. The minimum atomic E-state index is 1.27. The summed E-state index contributed by atoms with van der Waals surface area (Å²) in [4.78, 5) is 0. The summed E-state index contributed by atoms with van der Waals surface area (Å²) in [5.41, 5.74) is 20.6. The van der Waals surface area contributed by atoms with Crippen LogP contribution in [0.2, 0.25) is 0 Å². The van der Waals surface area contributed by atoms with E-state index in [1.54, 1.807) is 0 Å². The molecule has 0 atom stereocenters. The van der Waals surface area contributed by atoms with Gasteiger partial charge in [0.2, 0.25) is 0 Å². The summed E-state index contributed by atoms with van der Waals surface area (Å²) < 4.78 is 0. The second kappa shape index (κ2) is 11.9. The average molecular weight is 669 g/mol. The highest BCUT2D eigenvalue weighted by atomic mass is 14.2. The Labute approximate surface area is 307 Å². The first-order chi connectivity index (χ1) is 25.0. The van der Waals surface area contributed by atoms with Crippen LogP contribution in [-0.4, -0.2) is 0 Å². The van der Waals surface area contributed by atoms with Crippen molar-refractivity contribution < 1.29 is 0 Å². The SMILES string of the molecule is Cc1ccc(-c2cc3cc(-c4ccc(C)cc4C)cc4c5cc(-c6ccc(C)cc6C)cc6cc(-c7ccc(C)cc7C)cc(c(c2)c34)c65)c(C)c1. The maximum Gasteiger partial charge on any atom is -0.00255 e.